The maximum absolute atomic E-state index is 4.95. The molecule has 6 heteroatoms. The molecule has 0 unspecified atom stereocenters. The first-order valence-corrected chi connectivity index (χ1v) is 5.35. The van der Waals surface area contributed by atoms with Crippen LogP contribution in [0, 0.1) is 0 Å². The molecule has 0 aromatic carbocycles. The van der Waals surface area contributed by atoms with Crippen LogP contribution in [0.5, 0.6) is 0 Å². The van der Waals surface area contributed by atoms with Crippen LogP contribution in [0.1, 0.15) is 45.4 Å². The van der Waals surface area contributed by atoms with Crippen molar-refractivity contribution in [2.45, 2.75) is 45.4 Å². The topological polar surface area (TPSA) is 86.2 Å². The maximum Gasteiger partial charge on any atom is 0.0113 e. The van der Waals surface area contributed by atoms with Gasteiger partial charge in [0.1, 0.15) is 0 Å². The number of unbranched alkanes of at least 4 members (excludes halogenated alkanes) is 5. The van der Waals surface area contributed by atoms with Gasteiger partial charge >= 0.3 is 0 Å². The summed E-state index contributed by atoms with van der Waals surface area (Å²) in [7, 11) is 0. The van der Waals surface area contributed by atoms with Crippen LogP contribution in [0.15, 0.2) is 0 Å². The quantitative estimate of drug-likeness (QED) is 0.159. The van der Waals surface area contributed by atoms with Gasteiger partial charge in [0, 0.05) is 6.54 Å². The van der Waals surface area contributed by atoms with E-state index in [1.54, 1.807) is 0 Å². The molecular formula is C8H24N6. The van der Waals surface area contributed by atoms with Crippen molar-refractivity contribution in [2.24, 2.45) is 5.84 Å². The fraction of sp³-hybridized carbons (Fsp3) is 1.00. The predicted molar refractivity (Wildman–Crippen MR) is 58.1 cm³/mol. The van der Waals surface area contributed by atoms with Gasteiger partial charge in [-0.3, -0.25) is 5.84 Å². The Balaban J connectivity index is 2.78. The van der Waals surface area contributed by atoms with Gasteiger partial charge in [0.05, 0.1) is 0 Å². The minimum Gasteiger partial charge on any atom is -0.257 e. The van der Waals surface area contributed by atoms with Crippen molar-refractivity contribution < 1.29 is 0 Å². The summed E-state index contributed by atoms with van der Waals surface area (Å²) < 4.78 is 0. The minimum atomic E-state index is 0.950. The number of hydrogen-bond donors (Lipinski definition) is 6. The van der Waals surface area contributed by atoms with Crippen molar-refractivity contribution in [3.63, 3.8) is 0 Å². The second-order valence-electron chi connectivity index (χ2n) is 3.21. The highest BCUT2D eigenvalue weighted by Crippen LogP contribution is 2.03. The average molecular weight is 204 g/mol. The van der Waals surface area contributed by atoms with Crippen molar-refractivity contribution in [1.82, 2.24) is 27.6 Å². The maximum atomic E-state index is 4.95. The van der Waals surface area contributed by atoms with Crippen molar-refractivity contribution >= 4 is 0 Å². The molecule has 0 aliphatic rings. The second kappa shape index (κ2) is 12.8. The predicted octanol–water partition coefficient (Wildman–Crippen LogP) is -0.171. The van der Waals surface area contributed by atoms with E-state index in [1.807, 2.05) is 0 Å². The number of nitrogens with one attached hydrogen (secondary N) is 5. The Morgan fingerprint density at radius 2 is 1.57 bits per heavy atom. The van der Waals surface area contributed by atoms with E-state index in [0.29, 0.717) is 0 Å². The van der Waals surface area contributed by atoms with Gasteiger partial charge in [-0.2, -0.15) is 22.1 Å². The molecule has 0 spiro atoms. The normalized spacial score (nSPS) is 10.7. The molecule has 0 amide bonds. The first-order valence-electron chi connectivity index (χ1n) is 5.35. The summed E-state index contributed by atoms with van der Waals surface area (Å²) in [5.41, 5.74) is 13.0. The van der Waals surface area contributed by atoms with E-state index >= 15 is 0 Å². The molecule has 6 nitrogen and oxygen atoms in total. The van der Waals surface area contributed by atoms with Crippen LogP contribution in [-0.4, -0.2) is 6.54 Å². The van der Waals surface area contributed by atoms with Crippen molar-refractivity contribution in [2.75, 3.05) is 6.54 Å². The smallest absolute Gasteiger partial charge is 0.0113 e. The molecule has 0 bridgehead atoms. The minimum absolute atomic E-state index is 0.950. The molecule has 0 rings (SSSR count). The molecule has 0 atom stereocenters. The van der Waals surface area contributed by atoms with Gasteiger partial charge < -0.3 is 0 Å². The van der Waals surface area contributed by atoms with Gasteiger partial charge in [-0.15, -0.1) is 0 Å². The van der Waals surface area contributed by atoms with Crippen LogP contribution in [-0.2, 0) is 0 Å². The molecule has 0 aliphatic carbocycles. The summed E-state index contributed by atoms with van der Waals surface area (Å²) in [6, 6.07) is 0. The van der Waals surface area contributed by atoms with Crippen molar-refractivity contribution in [3.05, 3.63) is 0 Å². The second-order valence-corrected chi connectivity index (χ2v) is 3.21. The van der Waals surface area contributed by atoms with E-state index in [2.05, 4.69) is 34.5 Å². The van der Waals surface area contributed by atoms with E-state index in [0.717, 1.165) is 6.54 Å². The molecular weight excluding hydrogens is 180 g/mol. The molecule has 86 valence electrons. The van der Waals surface area contributed by atoms with Gasteiger partial charge in [0.15, 0.2) is 0 Å². The molecule has 0 saturated heterocycles. The van der Waals surface area contributed by atoms with Crippen LogP contribution in [0.4, 0.5) is 0 Å². The Morgan fingerprint density at radius 1 is 0.857 bits per heavy atom. The van der Waals surface area contributed by atoms with Gasteiger partial charge in [0.2, 0.25) is 0 Å². The molecule has 0 aromatic rings. The van der Waals surface area contributed by atoms with Crippen molar-refractivity contribution in [3.8, 4) is 0 Å². The van der Waals surface area contributed by atoms with E-state index in [9.17, 15) is 0 Å². The van der Waals surface area contributed by atoms with Crippen LogP contribution < -0.4 is 33.4 Å². The number of rotatable bonds is 11. The van der Waals surface area contributed by atoms with Crippen LogP contribution in [0.25, 0.3) is 0 Å². The molecule has 0 aliphatic heterocycles. The third-order valence-electron chi connectivity index (χ3n) is 1.94. The Kier molecular flexibility index (Phi) is 12.5. The standard InChI is InChI=1S/C8H24N6/c1-2-3-4-5-6-7-8-10-12-14-13-11-9/h10-14H,2-9H2,1H3. The summed E-state index contributed by atoms with van der Waals surface area (Å²) in [6.07, 6.45) is 7.85. The Bertz CT molecular complexity index is 87.8. The highest BCUT2D eigenvalue weighted by Gasteiger charge is 1.89. The zero-order valence-corrected chi connectivity index (χ0v) is 9.03. The monoisotopic (exact) mass is 204 g/mol. The molecule has 14 heavy (non-hydrogen) atoms. The zero-order valence-electron chi connectivity index (χ0n) is 9.03. The Labute approximate surface area is 86.2 Å². The van der Waals surface area contributed by atoms with E-state index < -0.39 is 0 Å². The molecule has 0 radical (unpaired) electrons. The van der Waals surface area contributed by atoms with E-state index in [4.69, 9.17) is 5.84 Å². The fourth-order valence-corrected chi connectivity index (χ4v) is 1.17. The summed E-state index contributed by atoms with van der Waals surface area (Å²) in [4.78, 5) is 0. The first kappa shape index (κ1) is 13.8. The van der Waals surface area contributed by atoms with Gasteiger partial charge in [-0.1, -0.05) is 39.0 Å². The summed E-state index contributed by atoms with van der Waals surface area (Å²) in [5.74, 6) is 4.95. The fourth-order valence-electron chi connectivity index (χ4n) is 1.17. The largest absolute Gasteiger partial charge is 0.257 e. The lowest BCUT2D eigenvalue weighted by Gasteiger charge is -2.08. The van der Waals surface area contributed by atoms with Crippen LogP contribution >= 0.6 is 0 Å². The molecule has 0 heterocycles. The summed E-state index contributed by atoms with van der Waals surface area (Å²) >= 11 is 0. The van der Waals surface area contributed by atoms with E-state index in [1.165, 1.54) is 38.5 Å². The number of nitrogens with two attached hydrogens (primary N) is 1. The molecule has 7 N–H and O–H groups in total. The Morgan fingerprint density at radius 3 is 2.29 bits per heavy atom. The number of hydrazine groups is 5. The summed E-state index contributed by atoms with van der Waals surface area (Å²) in [5, 5.41) is 0. The van der Waals surface area contributed by atoms with Crippen LogP contribution in [0.2, 0.25) is 0 Å². The molecule has 0 saturated carbocycles. The lowest BCUT2D eigenvalue weighted by atomic mass is 10.1. The SMILES string of the molecule is CCCCCCCCNNNNNN. The molecule has 0 aromatic heterocycles. The van der Waals surface area contributed by atoms with Crippen molar-refractivity contribution in [1.29, 1.82) is 0 Å². The van der Waals surface area contributed by atoms with Gasteiger partial charge in [-0.25, -0.2) is 5.43 Å². The van der Waals surface area contributed by atoms with E-state index in [-0.39, 0.29) is 0 Å². The lowest BCUT2D eigenvalue weighted by molar-refractivity contribution is 0.326. The Hall–Kier alpha value is -0.240. The zero-order chi connectivity index (χ0) is 10.5. The van der Waals surface area contributed by atoms with Crippen LogP contribution in [0.3, 0.4) is 0 Å². The first-order chi connectivity index (χ1) is 6.91. The van der Waals surface area contributed by atoms with Gasteiger partial charge in [0.25, 0.3) is 0 Å². The third-order valence-corrected chi connectivity index (χ3v) is 1.94. The average Bonchev–Trinajstić information content (AvgIpc) is 2.21. The van der Waals surface area contributed by atoms with Gasteiger partial charge in [-0.05, 0) is 6.42 Å². The lowest BCUT2D eigenvalue weighted by Crippen LogP contribution is -2.57. The number of hydrogen-bond acceptors (Lipinski definition) is 6. The summed E-state index contributed by atoms with van der Waals surface area (Å²) in [6.45, 7) is 3.18. The molecule has 0 fully saturated rings. The highest BCUT2D eigenvalue weighted by molar-refractivity contribution is 4.45. The highest BCUT2D eigenvalue weighted by atomic mass is 15.8. The third kappa shape index (κ3) is 11.8.